The van der Waals surface area contributed by atoms with Gasteiger partial charge in [-0.1, -0.05) is 48.5 Å². The van der Waals surface area contributed by atoms with Gasteiger partial charge < -0.3 is 10.6 Å². The summed E-state index contributed by atoms with van der Waals surface area (Å²) in [5, 5.41) is 9.51. The minimum absolute atomic E-state index is 0.186. The van der Waals surface area contributed by atoms with Crippen molar-refractivity contribution in [1.29, 1.82) is 0 Å². The number of rotatable bonds is 5. The molecule has 2 aromatic carbocycles. The predicted octanol–water partition coefficient (Wildman–Crippen LogP) is 1.60. The van der Waals surface area contributed by atoms with Crippen molar-refractivity contribution in [2.24, 2.45) is 0 Å². The van der Waals surface area contributed by atoms with E-state index in [9.17, 15) is 18.0 Å². The van der Waals surface area contributed by atoms with Crippen LogP contribution in [0.15, 0.2) is 60.7 Å². The summed E-state index contributed by atoms with van der Waals surface area (Å²) in [7, 11) is -3.31. The van der Waals surface area contributed by atoms with Crippen molar-refractivity contribution in [3.63, 3.8) is 0 Å². The quantitative estimate of drug-likeness (QED) is 0.605. The highest BCUT2D eigenvalue weighted by atomic mass is 32.2. The fourth-order valence-electron chi connectivity index (χ4n) is 3.34. The number of benzene rings is 2. The highest BCUT2D eigenvalue weighted by Crippen LogP contribution is 2.32. The second-order valence-electron chi connectivity index (χ2n) is 7.00. The third-order valence-electron chi connectivity index (χ3n) is 4.77. The van der Waals surface area contributed by atoms with Gasteiger partial charge in [0.05, 0.1) is 22.9 Å². The molecule has 0 atom stereocenters. The second-order valence-corrected chi connectivity index (χ2v) is 9.06. The maximum absolute atomic E-state index is 12.5. The predicted molar refractivity (Wildman–Crippen MR) is 112 cm³/mol. The molecule has 2 amide bonds. The summed E-state index contributed by atoms with van der Waals surface area (Å²) in [6.45, 7) is 0.306. The third-order valence-corrected chi connectivity index (χ3v) is 6.21. The third kappa shape index (κ3) is 4.25. The van der Waals surface area contributed by atoms with Gasteiger partial charge in [-0.3, -0.25) is 9.59 Å². The van der Waals surface area contributed by atoms with Crippen LogP contribution < -0.4 is 10.6 Å². The lowest BCUT2D eigenvalue weighted by Gasteiger charge is -2.11. The minimum Gasteiger partial charge on any atom is -0.347 e. The Morgan fingerprint density at radius 1 is 0.933 bits per heavy atom. The van der Waals surface area contributed by atoms with Gasteiger partial charge in [0, 0.05) is 12.1 Å². The lowest BCUT2D eigenvalue weighted by molar-refractivity contribution is -0.136. The Labute approximate surface area is 173 Å². The summed E-state index contributed by atoms with van der Waals surface area (Å²) in [5.74, 6) is -1.86. The van der Waals surface area contributed by atoms with Crippen molar-refractivity contribution in [3.05, 3.63) is 77.5 Å². The molecule has 0 bridgehead atoms. The number of anilines is 1. The highest BCUT2D eigenvalue weighted by molar-refractivity contribution is 7.90. The average Bonchev–Trinajstić information content (AvgIpc) is 3.21. The molecule has 1 aromatic heterocycles. The normalized spacial score (nSPS) is 14.1. The first kappa shape index (κ1) is 19.8. The molecule has 154 valence electrons. The van der Waals surface area contributed by atoms with Gasteiger partial charge >= 0.3 is 11.8 Å². The number of aromatic nitrogens is 2. The van der Waals surface area contributed by atoms with E-state index in [1.807, 2.05) is 36.4 Å². The molecule has 1 aliphatic rings. The summed E-state index contributed by atoms with van der Waals surface area (Å²) in [5.41, 5.74) is 2.51. The summed E-state index contributed by atoms with van der Waals surface area (Å²) < 4.78 is 25.5. The number of fused-ring (bicyclic) bond motifs is 1. The van der Waals surface area contributed by atoms with Gasteiger partial charge in [0.1, 0.15) is 5.82 Å². The van der Waals surface area contributed by atoms with Crippen molar-refractivity contribution < 1.29 is 18.0 Å². The lowest BCUT2D eigenvalue weighted by Crippen LogP contribution is -2.37. The number of hydrogen-bond acceptors (Lipinski definition) is 5. The number of sulfone groups is 1. The number of amides is 2. The Morgan fingerprint density at radius 3 is 2.30 bits per heavy atom. The zero-order valence-electron chi connectivity index (χ0n) is 16.0. The molecule has 8 nitrogen and oxygen atoms in total. The van der Waals surface area contributed by atoms with Gasteiger partial charge in [-0.15, -0.1) is 0 Å². The molecule has 0 aliphatic carbocycles. The highest BCUT2D eigenvalue weighted by Gasteiger charge is 2.33. The SMILES string of the molecule is O=C(NCCc1ccccc1)C(=O)Nc1c2c(nn1-c1ccccc1)CS(=O)(=O)C2. The van der Waals surface area contributed by atoms with Crippen molar-refractivity contribution in [3.8, 4) is 5.69 Å². The Balaban J connectivity index is 1.50. The van der Waals surface area contributed by atoms with Crippen LogP contribution in [0.4, 0.5) is 5.82 Å². The summed E-state index contributed by atoms with van der Waals surface area (Å²) in [6, 6.07) is 18.6. The Hall–Kier alpha value is -3.46. The van der Waals surface area contributed by atoms with Crippen molar-refractivity contribution in [1.82, 2.24) is 15.1 Å². The van der Waals surface area contributed by atoms with E-state index in [0.717, 1.165) is 5.56 Å². The van der Waals surface area contributed by atoms with Crippen LogP contribution in [0.5, 0.6) is 0 Å². The summed E-state index contributed by atoms with van der Waals surface area (Å²) in [4.78, 5) is 24.7. The maximum Gasteiger partial charge on any atom is 0.314 e. The van der Waals surface area contributed by atoms with E-state index < -0.39 is 21.7 Å². The fourth-order valence-corrected chi connectivity index (χ4v) is 4.83. The number of carbonyl (C=O) groups excluding carboxylic acids is 2. The van der Waals surface area contributed by atoms with E-state index in [1.165, 1.54) is 4.68 Å². The zero-order chi connectivity index (χ0) is 21.1. The van der Waals surface area contributed by atoms with E-state index in [4.69, 9.17) is 0 Å². The summed E-state index contributed by atoms with van der Waals surface area (Å²) >= 11 is 0. The van der Waals surface area contributed by atoms with Gasteiger partial charge in [0.2, 0.25) is 0 Å². The smallest absolute Gasteiger partial charge is 0.314 e. The standard InChI is InChI=1S/C21H20N4O4S/c26-20(22-12-11-15-7-3-1-4-8-15)21(27)23-19-17-13-30(28,29)14-18(17)24-25(19)16-9-5-2-6-10-16/h1-10H,11-14H2,(H,22,26)(H,23,27). The van der Waals surface area contributed by atoms with Crippen LogP contribution in [-0.2, 0) is 37.4 Å². The lowest BCUT2D eigenvalue weighted by atomic mass is 10.1. The van der Waals surface area contributed by atoms with Crippen molar-refractivity contribution >= 4 is 27.5 Å². The van der Waals surface area contributed by atoms with Crippen LogP contribution in [0.25, 0.3) is 5.69 Å². The topological polar surface area (TPSA) is 110 Å². The molecular formula is C21H20N4O4S. The number of nitrogens with one attached hydrogen (secondary N) is 2. The minimum atomic E-state index is -3.31. The fraction of sp³-hybridized carbons (Fsp3) is 0.190. The van der Waals surface area contributed by atoms with Crippen LogP contribution in [0.3, 0.4) is 0 Å². The van der Waals surface area contributed by atoms with Crippen LogP contribution in [0.2, 0.25) is 0 Å². The first-order valence-electron chi connectivity index (χ1n) is 9.43. The molecule has 0 spiro atoms. The second kappa shape index (κ2) is 8.11. The Kier molecular flexibility index (Phi) is 5.37. The molecule has 4 rings (SSSR count). The van der Waals surface area contributed by atoms with Gasteiger partial charge in [0.15, 0.2) is 9.84 Å². The summed E-state index contributed by atoms with van der Waals surface area (Å²) in [6.07, 6.45) is 0.593. The maximum atomic E-state index is 12.5. The van der Waals surface area contributed by atoms with Crippen molar-refractivity contribution in [2.45, 2.75) is 17.9 Å². The van der Waals surface area contributed by atoms with E-state index in [1.54, 1.807) is 24.3 Å². The van der Waals surface area contributed by atoms with Gasteiger partial charge in [0.25, 0.3) is 0 Å². The zero-order valence-corrected chi connectivity index (χ0v) is 16.9. The number of hydrogen-bond donors (Lipinski definition) is 2. The largest absolute Gasteiger partial charge is 0.347 e. The molecule has 0 unspecified atom stereocenters. The van der Waals surface area contributed by atoms with E-state index >= 15 is 0 Å². The molecule has 0 saturated carbocycles. The van der Waals surface area contributed by atoms with E-state index in [2.05, 4.69) is 15.7 Å². The van der Waals surface area contributed by atoms with Crippen LogP contribution >= 0.6 is 0 Å². The van der Waals surface area contributed by atoms with Crippen LogP contribution in [0, 0.1) is 0 Å². The van der Waals surface area contributed by atoms with Gasteiger partial charge in [-0.05, 0) is 24.1 Å². The molecule has 1 aliphatic heterocycles. The van der Waals surface area contributed by atoms with Crippen LogP contribution in [-0.4, -0.2) is 36.6 Å². The van der Waals surface area contributed by atoms with Gasteiger partial charge in [-0.25, -0.2) is 13.1 Å². The Morgan fingerprint density at radius 2 is 1.60 bits per heavy atom. The first-order chi connectivity index (χ1) is 14.4. The Bertz CT molecular complexity index is 1190. The molecule has 2 heterocycles. The van der Waals surface area contributed by atoms with Gasteiger partial charge in [-0.2, -0.15) is 5.10 Å². The molecule has 3 aromatic rings. The molecule has 9 heteroatoms. The molecule has 0 radical (unpaired) electrons. The van der Waals surface area contributed by atoms with Crippen LogP contribution in [0.1, 0.15) is 16.8 Å². The van der Waals surface area contributed by atoms with Crippen molar-refractivity contribution in [2.75, 3.05) is 11.9 Å². The first-order valence-corrected chi connectivity index (χ1v) is 11.2. The molecule has 0 saturated heterocycles. The van der Waals surface area contributed by atoms with E-state index in [0.29, 0.717) is 29.9 Å². The molecular weight excluding hydrogens is 404 g/mol. The molecule has 2 N–H and O–H groups in total. The number of nitrogens with zero attached hydrogens (tertiary/aromatic N) is 2. The molecule has 30 heavy (non-hydrogen) atoms. The average molecular weight is 424 g/mol. The molecule has 0 fully saturated rings. The number of carbonyl (C=O) groups is 2. The van der Waals surface area contributed by atoms with E-state index in [-0.39, 0.29) is 17.3 Å². The monoisotopic (exact) mass is 424 g/mol. The number of para-hydroxylation sites is 1.